The first-order chi connectivity index (χ1) is 10.5. The molecule has 1 heterocycles. The lowest BCUT2D eigenvalue weighted by atomic mass is 10.1. The predicted molar refractivity (Wildman–Crippen MR) is 78.1 cm³/mol. The summed E-state index contributed by atoms with van der Waals surface area (Å²) in [5.74, 6) is -1.06. The number of hydrogen-bond acceptors (Lipinski definition) is 5. The highest BCUT2D eigenvalue weighted by molar-refractivity contribution is 8.00. The quantitative estimate of drug-likeness (QED) is 0.655. The van der Waals surface area contributed by atoms with Gasteiger partial charge in [0.1, 0.15) is 17.6 Å². The molecule has 1 N–H and O–H groups in total. The molecule has 5 nitrogen and oxygen atoms in total. The number of aromatic nitrogens is 1. The molecule has 0 bridgehead atoms. The molecular formula is C14H14F3N3O2S. The summed E-state index contributed by atoms with van der Waals surface area (Å²) in [5, 5.41) is 10.2. The number of carbonyl (C=O) groups is 2. The van der Waals surface area contributed by atoms with E-state index in [-0.39, 0.29) is 16.4 Å². The Morgan fingerprint density at radius 1 is 1.48 bits per heavy atom. The summed E-state index contributed by atoms with van der Waals surface area (Å²) in [6, 6.07) is 3.24. The fraction of sp³-hybridized carbons (Fsp3) is 0.429. The number of nitrogens with one attached hydrogen (secondary N) is 1. The van der Waals surface area contributed by atoms with Crippen LogP contribution < -0.4 is 5.32 Å². The fourth-order valence-electron chi connectivity index (χ4n) is 1.66. The Morgan fingerprint density at radius 2 is 2.09 bits per heavy atom. The summed E-state index contributed by atoms with van der Waals surface area (Å²) in [7, 11) is 0. The van der Waals surface area contributed by atoms with E-state index in [1.165, 1.54) is 19.9 Å². The molecule has 0 saturated carbocycles. The molecule has 1 atom stereocenters. The van der Waals surface area contributed by atoms with Gasteiger partial charge >= 0.3 is 6.18 Å². The number of ketones is 1. The molecule has 124 valence electrons. The molecule has 0 spiro atoms. The molecule has 0 aromatic carbocycles. The first-order valence-corrected chi connectivity index (χ1v) is 7.37. The highest BCUT2D eigenvalue weighted by Gasteiger charge is 2.29. The zero-order valence-electron chi connectivity index (χ0n) is 12.6. The number of nitrogens with zero attached hydrogens (tertiary/aromatic N) is 2. The van der Waals surface area contributed by atoms with Crippen molar-refractivity contribution < 1.29 is 22.8 Å². The maximum atomic E-state index is 12.1. The minimum atomic E-state index is -4.49. The van der Waals surface area contributed by atoms with Gasteiger partial charge in [0.2, 0.25) is 5.91 Å². The van der Waals surface area contributed by atoms with Crippen LogP contribution >= 0.6 is 11.8 Å². The van der Waals surface area contributed by atoms with Crippen LogP contribution in [0.2, 0.25) is 0 Å². The van der Waals surface area contributed by atoms with Crippen LogP contribution in [0.4, 0.5) is 13.2 Å². The van der Waals surface area contributed by atoms with Gasteiger partial charge in [-0.25, -0.2) is 4.98 Å². The van der Waals surface area contributed by atoms with Crippen molar-refractivity contribution in [1.82, 2.24) is 10.3 Å². The number of thioether (sulfide) groups is 1. The minimum Gasteiger partial charge on any atom is -0.346 e. The largest absolute Gasteiger partial charge is 0.405 e. The van der Waals surface area contributed by atoms with Crippen molar-refractivity contribution in [3.05, 3.63) is 22.9 Å². The standard InChI is InChI=1S/C14H14F3N3O2S/c1-7-11(8(2)21)4-10(5-18)13(20-7)23-9(3)12(22)19-6-14(15,16)17/h4,9H,6H2,1-3H3,(H,19,22). The van der Waals surface area contributed by atoms with Crippen LogP contribution in [0, 0.1) is 18.3 Å². The minimum absolute atomic E-state index is 0.0984. The van der Waals surface area contributed by atoms with Crippen LogP contribution in [-0.2, 0) is 4.79 Å². The highest BCUT2D eigenvalue weighted by atomic mass is 32.2. The second kappa shape index (κ2) is 7.46. The number of carbonyl (C=O) groups excluding carboxylic acids is 2. The van der Waals surface area contributed by atoms with Crippen molar-refractivity contribution in [3.63, 3.8) is 0 Å². The number of Topliss-reactive ketones (excluding diaryl/α,β-unsaturated/α-hetero) is 1. The molecule has 1 amide bonds. The van der Waals surface area contributed by atoms with Crippen molar-refractivity contribution in [2.75, 3.05) is 6.54 Å². The van der Waals surface area contributed by atoms with Gasteiger partial charge in [0.05, 0.1) is 10.8 Å². The van der Waals surface area contributed by atoms with E-state index in [1.54, 1.807) is 12.2 Å². The van der Waals surface area contributed by atoms with Crippen molar-refractivity contribution in [1.29, 1.82) is 5.26 Å². The summed E-state index contributed by atoms with van der Waals surface area (Å²) < 4.78 is 36.3. The second-order valence-electron chi connectivity index (χ2n) is 4.74. The van der Waals surface area contributed by atoms with Crippen molar-refractivity contribution in [3.8, 4) is 6.07 Å². The van der Waals surface area contributed by atoms with Gasteiger partial charge in [-0.2, -0.15) is 18.4 Å². The third-order valence-electron chi connectivity index (χ3n) is 2.80. The zero-order valence-corrected chi connectivity index (χ0v) is 13.4. The van der Waals surface area contributed by atoms with Gasteiger partial charge < -0.3 is 5.32 Å². The lowest BCUT2D eigenvalue weighted by Gasteiger charge is -2.14. The zero-order chi connectivity index (χ0) is 17.8. The number of hydrogen-bond donors (Lipinski definition) is 1. The molecule has 0 radical (unpaired) electrons. The SMILES string of the molecule is CC(=O)c1cc(C#N)c(SC(C)C(=O)NCC(F)(F)F)nc1C. The average molecular weight is 345 g/mol. The molecular weight excluding hydrogens is 331 g/mol. The predicted octanol–water partition coefficient (Wildman–Crippen LogP) is 2.62. The molecule has 1 aromatic heterocycles. The summed E-state index contributed by atoms with van der Waals surface area (Å²) in [4.78, 5) is 27.2. The van der Waals surface area contributed by atoms with Gasteiger partial charge in [0.15, 0.2) is 5.78 Å². The third kappa shape index (κ3) is 5.56. The van der Waals surface area contributed by atoms with E-state index in [2.05, 4.69) is 4.98 Å². The average Bonchev–Trinajstić information content (AvgIpc) is 2.43. The number of pyridine rings is 1. The van der Waals surface area contributed by atoms with Crippen LogP contribution in [-0.4, -0.2) is 34.6 Å². The van der Waals surface area contributed by atoms with E-state index < -0.39 is 23.9 Å². The monoisotopic (exact) mass is 345 g/mol. The molecule has 0 aliphatic heterocycles. The maximum absolute atomic E-state index is 12.1. The normalized spacial score (nSPS) is 12.4. The van der Waals surface area contributed by atoms with E-state index in [4.69, 9.17) is 5.26 Å². The Labute approximate surface area is 135 Å². The van der Waals surface area contributed by atoms with Gasteiger partial charge in [-0.1, -0.05) is 11.8 Å². The van der Waals surface area contributed by atoms with E-state index in [9.17, 15) is 22.8 Å². The van der Waals surface area contributed by atoms with E-state index in [0.29, 0.717) is 11.3 Å². The van der Waals surface area contributed by atoms with E-state index in [1.807, 2.05) is 6.07 Å². The number of nitriles is 1. The topological polar surface area (TPSA) is 82.8 Å². The maximum Gasteiger partial charge on any atom is 0.405 e. The Balaban J connectivity index is 2.92. The van der Waals surface area contributed by atoms with Gasteiger partial charge in [0.25, 0.3) is 0 Å². The first-order valence-electron chi connectivity index (χ1n) is 6.49. The summed E-state index contributed by atoms with van der Waals surface area (Å²) >= 11 is 0.864. The van der Waals surface area contributed by atoms with E-state index in [0.717, 1.165) is 11.8 Å². The van der Waals surface area contributed by atoms with Gasteiger partial charge in [-0.15, -0.1) is 0 Å². The van der Waals surface area contributed by atoms with Gasteiger partial charge in [0, 0.05) is 11.3 Å². The van der Waals surface area contributed by atoms with Crippen molar-refractivity contribution in [2.24, 2.45) is 0 Å². The lowest BCUT2D eigenvalue weighted by molar-refractivity contribution is -0.137. The highest BCUT2D eigenvalue weighted by Crippen LogP contribution is 2.27. The number of aryl methyl sites for hydroxylation is 1. The molecule has 1 unspecified atom stereocenters. The molecule has 1 rings (SSSR count). The molecule has 0 aliphatic rings. The summed E-state index contributed by atoms with van der Waals surface area (Å²) in [5.41, 5.74) is 0.781. The van der Waals surface area contributed by atoms with Crippen LogP contribution in [0.15, 0.2) is 11.1 Å². The molecule has 0 saturated heterocycles. The van der Waals surface area contributed by atoms with Crippen LogP contribution in [0.25, 0.3) is 0 Å². The van der Waals surface area contributed by atoms with Gasteiger partial charge in [-0.05, 0) is 26.8 Å². The summed E-state index contributed by atoms with van der Waals surface area (Å²) in [6.45, 7) is 2.91. The lowest BCUT2D eigenvalue weighted by Crippen LogP contribution is -2.38. The smallest absolute Gasteiger partial charge is 0.346 e. The molecule has 9 heteroatoms. The third-order valence-corrected chi connectivity index (χ3v) is 3.90. The molecule has 1 aromatic rings. The van der Waals surface area contributed by atoms with Crippen molar-refractivity contribution >= 4 is 23.5 Å². The first kappa shape index (κ1) is 19.0. The second-order valence-corrected chi connectivity index (χ2v) is 6.06. The Bertz CT molecular complexity index is 668. The Hall–Kier alpha value is -2.08. The number of rotatable bonds is 5. The summed E-state index contributed by atoms with van der Waals surface area (Å²) in [6.07, 6.45) is -4.49. The van der Waals surface area contributed by atoms with Crippen LogP contribution in [0.3, 0.4) is 0 Å². The molecule has 23 heavy (non-hydrogen) atoms. The van der Waals surface area contributed by atoms with Crippen molar-refractivity contribution in [2.45, 2.75) is 37.2 Å². The Morgan fingerprint density at radius 3 is 2.57 bits per heavy atom. The number of halogens is 3. The molecule has 0 aliphatic carbocycles. The number of alkyl halides is 3. The number of amides is 1. The van der Waals surface area contributed by atoms with Crippen LogP contribution in [0.1, 0.15) is 35.5 Å². The van der Waals surface area contributed by atoms with Crippen LogP contribution in [0.5, 0.6) is 0 Å². The fourth-order valence-corrected chi connectivity index (χ4v) is 2.61. The molecule has 0 fully saturated rings. The van der Waals surface area contributed by atoms with E-state index >= 15 is 0 Å². The van der Waals surface area contributed by atoms with Gasteiger partial charge in [-0.3, -0.25) is 9.59 Å². The Kier molecular flexibility index (Phi) is 6.15.